The SMILES string of the molecule is CCCCOCCOCc1c(Br)c(CC)nn1CC. The maximum absolute atomic E-state index is 5.67. The van der Waals surface area contributed by atoms with Crippen LogP contribution in [0.1, 0.15) is 45.0 Å². The van der Waals surface area contributed by atoms with Gasteiger partial charge in [-0.2, -0.15) is 5.10 Å². The van der Waals surface area contributed by atoms with Crippen molar-refractivity contribution in [2.45, 2.75) is 53.2 Å². The van der Waals surface area contributed by atoms with Crippen LogP contribution in [0.4, 0.5) is 0 Å². The Kier molecular flexibility index (Phi) is 8.34. The second-order valence-electron chi connectivity index (χ2n) is 4.40. The van der Waals surface area contributed by atoms with Crippen molar-refractivity contribution in [1.82, 2.24) is 9.78 Å². The van der Waals surface area contributed by atoms with E-state index in [0.29, 0.717) is 19.8 Å². The Bertz CT molecular complexity index is 367. The van der Waals surface area contributed by atoms with Crippen LogP contribution in [0.2, 0.25) is 0 Å². The third-order valence-corrected chi connectivity index (χ3v) is 3.86. The molecule has 0 saturated carbocycles. The van der Waals surface area contributed by atoms with E-state index < -0.39 is 0 Å². The van der Waals surface area contributed by atoms with Gasteiger partial charge >= 0.3 is 0 Å². The van der Waals surface area contributed by atoms with Gasteiger partial charge in [0.05, 0.1) is 35.7 Å². The molecule has 1 aromatic rings. The van der Waals surface area contributed by atoms with Crippen molar-refractivity contribution < 1.29 is 9.47 Å². The van der Waals surface area contributed by atoms with Crippen LogP contribution in [0.15, 0.2) is 4.47 Å². The smallest absolute Gasteiger partial charge is 0.0897 e. The van der Waals surface area contributed by atoms with Crippen LogP contribution in [-0.2, 0) is 29.0 Å². The van der Waals surface area contributed by atoms with E-state index in [1.807, 2.05) is 4.68 Å². The highest BCUT2D eigenvalue weighted by Crippen LogP contribution is 2.22. The van der Waals surface area contributed by atoms with Gasteiger partial charge in [-0.3, -0.25) is 4.68 Å². The summed E-state index contributed by atoms with van der Waals surface area (Å²) in [4.78, 5) is 0. The maximum Gasteiger partial charge on any atom is 0.0897 e. The van der Waals surface area contributed by atoms with E-state index >= 15 is 0 Å². The molecule has 5 heteroatoms. The highest BCUT2D eigenvalue weighted by molar-refractivity contribution is 9.10. The average molecular weight is 333 g/mol. The molecule has 0 spiro atoms. The summed E-state index contributed by atoms with van der Waals surface area (Å²) in [6.07, 6.45) is 3.22. The highest BCUT2D eigenvalue weighted by atomic mass is 79.9. The topological polar surface area (TPSA) is 36.3 Å². The number of nitrogens with zero attached hydrogens (tertiary/aromatic N) is 2. The van der Waals surface area contributed by atoms with Gasteiger partial charge in [0.2, 0.25) is 0 Å². The molecule has 0 fully saturated rings. The van der Waals surface area contributed by atoms with Crippen LogP contribution in [0.3, 0.4) is 0 Å². The minimum atomic E-state index is 0.582. The van der Waals surface area contributed by atoms with Crippen LogP contribution < -0.4 is 0 Å². The number of halogens is 1. The summed E-state index contributed by atoms with van der Waals surface area (Å²) in [5.41, 5.74) is 2.22. The molecule has 0 radical (unpaired) electrons. The molecule has 0 unspecified atom stereocenters. The Morgan fingerprint density at radius 3 is 2.47 bits per heavy atom. The van der Waals surface area contributed by atoms with Crippen molar-refractivity contribution >= 4 is 15.9 Å². The lowest BCUT2D eigenvalue weighted by molar-refractivity contribution is 0.0372. The van der Waals surface area contributed by atoms with E-state index in [2.05, 4.69) is 41.8 Å². The molecule has 110 valence electrons. The number of hydrogen-bond acceptors (Lipinski definition) is 3. The van der Waals surface area contributed by atoms with E-state index in [1.165, 1.54) is 6.42 Å². The van der Waals surface area contributed by atoms with Crippen molar-refractivity contribution in [2.75, 3.05) is 19.8 Å². The minimum absolute atomic E-state index is 0.582. The largest absolute Gasteiger partial charge is 0.379 e. The zero-order valence-electron chi connectivity index (χ0n) is 12.2. The summed E-state index contributed by atoms with van der Waals surface area (Å²) >= 11 is 3.61. The molecule has 1 heterocycles. The third-order valence-electron chi connectivity index (χ3n) is 2.95. The van der Waals surface area contributed by atoms with Crippen LogP contribution in [-0.4, -0.2) is 29.6 Å². The molecule has 19 heavy (non-hydrogen) atoms. The Labute approximate surface area is 124 Å². The van der Waals surface area contributed by atoms with Crippen molar-refractivity contribution in [3.05, 3.63) is 15.9 Å². The minimum Gasteiger partial charge on any atom is -0.379 e. The molecule has 0 aromatic carbocycles. The normalized spacial score (nSPS) is 11.2. The van der Waals surface area contributed by atoms with Crippen LogP contribution >= 0.6 is 15.9 Å². The number of unbranched alkanes of at least 4 members (excludes halogenated alkanes) is 1. The average Bonchev–Trinajstić information content (AvgIpc) is 2.74. The molecular weight excluding hydrogens is 308 g/mol. The van der Waals surface area contributed by atoms with Crippen molar-refractivity contribution in [3.63, 3.8) is 0 Å². The molecule has 0 amide bonds. The number of rotatable bonds is 10. The molecule has 0 aliphatic carbocycles. The zero-order chi connectivity index (χ0) is 14.1. The third kappa shape index (κ3) is 5.24. The predicted octanol–water partition coefficient (Wildman–Crippen LogP) is 3.56. The van der Waals surface area contributed by atoms with Gasteiger partial charge in [-0.05, 0) is 35.7 Å². The Morgan fingerprint density at radius 1 is 1.11 bits per heavy atom. The first-order valence-electron chi connectivity index (χ1n) is 7.14. The highest BCUT2D eigenvalue weighted by Gasteiger charge is 2.13. The first-order chi connectivity index (χ1) is 9.24. The molecule has 0 N–H and O–H groups in total. The van der Waals surface area contributed by atoms with Gasteiger partial charge in [-0.25, -0.2) is 0 Å². The lowest BCUT2D eigenvalue weighted by Gasteiger charge is -2.07. The fraction of sp³-hybridized carbons (Fsp3) is 0.786. The first kappa shape index (κ1) is 16.7. The molecule has 4 nitrogen and oxygen atoms in total. The van der Waals surface area contributed by atoms with Crippen LogP contribution in [0, 0.1) is 0 Å². The van der Waals surface area contributed by atoms with Gasteiger partial charge in [-0.15, -0.1) is 0 Å². The van der Waals surface area contributed by atoms with E-state index in [9.17, 15) is 0 Å². The number of hydrogen-bond donors (Lipinski definition) is 0. The molecule has 0 saturated heterocycles. The summed E-state index contributed by atoms with van der Waals surface area (Å²) < 4.78 is 14.2. The predicted molar refractivity (Wildman–Crippen MR) is 80.4 cm³/mol. The van der Waals surface area contributed by atoms with Gasteiger partial charge in [-0.1, -0.05) is 20.3 Å². The second kappa shape index (κ2) is 9.50. The summed E-state index contributed by atoms with van der Waals surface area (Å²) in [5, 5.41) is 4.54. The lowest BCUT2D eigenvalue weighted by Crippen LogP contribution is -2.09. The molecule has 0 aliphatic heterocycles. The van der Waals surface area contributed by atoms with Gasteiger partial charge < -0.3 is 9.47 Å². The monoisotopic (exact) mass is 332 g/mol. The van der Waals surface area contributed by atoms with Gasteiger partial charge in [0, 0.05) is 13.2 Å². The molecule has 0 bridgehead atoms. The van der Waals surface area contributed by atoms with Gasteiger partial charge in [0.15, 0.2) is 0 Å². The van der Waals surface area contributed by atoms with Crippen molar-refractivity contribution in [1.29, 1.82) is 0 Å². The van der Waals surface area contributed by atoms with Crippen molar-refractivity contribution in [2.24, 2.45) is 0 Å². The summed E-state index contributed by atoms with van der Waals surface area (Å²) in [6, 6.07) is 0. The zero-order valence-corrected chi connectivity index (χ0v) is 13.8. The van der Waals surface area contributed by atoms with Gasteiger partial charge in [0.25, 0.3) is 0 Å². The van der Waals surface area contributed by atoms with Crippen molar-refractivity contribution in [3.8, 4) is 0 Å². The quantitative estimate of drug-likeness (QED) is 0.614. The lowest BCUT2D eigenvalue weighted by atomic mass is 10.3. The molecule has 1 rings (SSSR count). The Morgan fingerprint density at radius 2 is 1.84 bits per heavy atom. The van der Waals surface area contributed by atoms with E-state index in [1.54, 1.807) is 0 Å². The summed E-state index contributed by atoms with van der Waals surface area (Å²) in [7, 11) is 0. The maximum atomic E-state index is 5.67. The Balaban J connectivity index is 2.34. The Hall–Kier alpha value is -0.390. The fourth-order valence-electron chi connectivity index (χ4n) is 1.79. The molecule has 1 aromatic heterocycles. The fourth-order valence-corrected chi connectivity index (χ4v) is 2.47. The van der Waals surface area contributed by atoms with E-state index in [4.69, 9.17) is 9.47 Å². The number of aromatic nitrogens is 2. The summed E-state index contributed by atoms with van der Waals surface area (Å²) in [6.45, 7) is 9.94. The van der Waals surface area contributed by atoms with Crippen LogP contribution in [0.25, 0.3) is 0 Å². The first-order valence-corrected chi connectivity index (χ1v) is 7.93. The molecule has 0 atom stereocenters. The standard InChI is InChI=1S/C14H25BrN2O2/c1-4-7-8-18-9-10-19-11-13-14(15)12(5-2)16-17(13)6-3/h4-11H2,1-3H3. The van der Waals surface area contributed by atoms with E-state index in [-0.39, 0.29) is 0 Å². The van der Waals surface area contributed by atoms with E-state index in [0.717, 1.165) is 41.9 Å². The second-order valence-corrected chi connectivity index (χ2v) is 5.19. The molecular formula is C14H25BrN2O2. The van der Waals surface area contributed by atoms with Crippen LogP contribution in [0.5, 0.6) is 0 Å². The number of aryl methyl sites for hydroxylation is 2. The van der Waals surface area contributed by atoms with Gasteiger partial charge in [0.1, 0.15) is 0 Å². The number of ether oxygens (including phenoxy) is 2. The molecule has 0 aliphatic rings. The summed E-state index contributed by atoms with van der Waals surface area (Å²) in [5.74, 6) is 0.